The van der Waals surface area contributed by atoms with Crippen LogP contribution in [0.1, 0.15) is 12.8 Å². The quantitative estimate of drug-likeness (QED) is 0.411. The normalized spacial score (nSPS) is 22.7. The first-order valence-corrected chi connectivity index (χ1v) is 3.24. The first-order valence-electron chi connectivity index (χ1n) is 3.24. The van der Waals surface area contributed by atoms with E-state index >= 15 is 0 Å². The highest BCUT2D eigenvalue weighted by Gasteiger charge is 2.13. The third-order valence-electron chi connectivity index (χ3n) is 1.38. The molecule has 0 aromatic carbocycles. The summed E-state index contributed by atoms with van der Waals surface area (Å²) in [5.74, 6) is 0. The molecular weight excluding hydrogens is 132 g/mol. The number of carbonyl (C=O) groups excluding carboxylic acids is 1. The lowest BCUT2D eigenvalue weighted by atomic mass is 10.3. The number of methoxy groups -OCH3 is 1. The maximum absolute atomic E-state index is 10.5. The van der Waals surface area contributed by atoms with E-state index in [4.69, 9.17) is 4.74 Å². The van der Waals surface area contributed by atoms with Crippen molar-refractivity contribution < 1.29 is 14.3 Å². The Bertz CT molecular complexity index is 151. The fourth-order valence-electron chi connectivity index (χ4n) is 0.875. The Kier molecular flexibility index (Phi) is 2.31. The molecule has 0 fully saturated rings. The molecule has 1 atom stereocenters. The van der Waals surface area contributed by atoms with E-state index in [0.29, 0.717) is 0 Å². The Hall–Kier alpha value is -0.990. The molecule has 3 nitrogen and oxygen atoms in total. The van der Waals surface area contributed by atoms with Crippen LogP contribution in [0.5, 0.6) is 0 Å². The van der Waals surface area contributed by atoms with Crippen LogP contribution in [0.3, 0.4) is 0 Å². The van der Waals surface area contributed by atoms with Crippen molar-refractivity contribution in [2.75, 3.05) is 7.11 Å². The summed E-state index contributed by atoms with van der Waals surface area (Å²) in [5, 5.41) is 0. The van der Waals surface area contributed by atoms with Gasteiger partial charge in [-0.25, -0.2) is 4.79 Å². The second kappa shape index (κ2) is 3.25. The minimum absolute atomic E-state index is 0.0625. The molecule has 10 heavy (non-hydrogen) atoms. The van der Waals surface area contributed by atoms with Gasteiger partial charge in [0.05, 0.1) is 7.11 Å². The van der Waals surface area contributed by atoms with Gasteiger partial charge in [-0.1, -0.05) is 6.08 Å². The molecule has 0 unspecified atom stereocenters. The average Bonchev–Trinajstić information content (AvgIpc) is 2.40. The third kappa shape index (κ3) is 1.76. The predicted octanol–water partition coefficient (Wildman–Crippen LogP) is 1.49. The molecule has 0 saturated heterocycles. The zero-order chi connectivity index (χ0) is 7.40. The van der Waals surface area contributed by atoms with Crippen LogP contribution in [0.15, 0.2) is 12.2 Å². The summed E-state index contributed by atoms with van der Waals surface area (Å²) in [6.07, 6.45) is 5.07. The van der Waals surface area contributed by atoms with Crippen LogP contribution in [0.2, 0.25) is 0 Å². The Morgan fingerprint density at radius 3 is 3.00 bits per heavy atom. The van der Waals surface area contributed by atoms with E-state index in [0.717, 1.165) is 12.8 Å². The molecule has 0 saturated carbocycles. The number of allylic oxidation sites excluding steroid dienone is 1. The highest BCUT2D eigenvalue weighted by Crippen LogP contribution is 2.12. The first-order chi connectivity index (χ1) is 4.83. The van der Waals surface area contributed by atoms with E-state index in [-0.39, 0.29) is 6.10 Å². The highest BCUT2D eigenvalue weighted by atomic mass is 16.7. The maximum atomic E-state index is 10.5. The van der Waals surface area contributed by atoms with Gasteiger partial charge in [0, 0.05) is 0 Å². The molecule has 0 aromatic heterocycles. The molecule has 0 bridgehead atoms. The van der Waals surface area contributed by atoms with Crippen LogP contribution in [0.4, 0.5) is 4.79 Å². The molecule has 0 aliphatic heterocycles. The van der Waals surface area contributed by atoms with Gasteiger partial charge < -0.3 is 9.47 Å². The smallest absolute Gasteiger partial charge is 0.438 e. The van der Waals surface area contributed by atoms with E-state index in [9.17, 15) is 4.79 Å². The second-order valence-corrected chi connectivity index (χ2v) is 2.12. The lowest BCUT2D eigenvalue weighted by molar-refractivity contribution is 0.0526. The second-order valence-electron chi connectivity index (χ2n) is 2.12. The van der Waals surface area contributed by atoms with Crippen molar-refractivity contribution in [2.24, 2.45) is 0 Å². The lowest BCUT2D eigenvalue weighted by Gasteiger charge is -2.06. The van der Waals surface area contributed by atoms with Gasteiger partial charge in [0.2, 0.25) is 0 Å². The molecule has 0 spiro atoms. The van der Waals surface area contributed by atoms with Gasteiger partial charge in [0.25, 0.3) is 0 Å². The van der Waals surface area contributed by atoms with E-state index in [1.54, 1.807) is 0 Å². The number of carbonyl (C=O) groups is 1. The summed E-state index contributed by atoms with van der Waals surface area (Å²) in [4.78, 5) is 10.5. The summed E-state index contributed by atoms with van der Waals surface area (Å²) in [5.41, 5.74) is 0. The monoisotopic (exact) mass is 142 g/mol. The summed E-state index contributed by atoms with van der Waals surface area (Å²) in [6.45, 7) is 0. The molecule has 0 N–H and O–H groups in total. The van der Waals surface area contributed by atoms with E-state index in [1.165, 1.54) is 7.11 Å². The lowest BCUT2D eigenvalue weighted by Crippen LogP contribution is -2.13. The zero-order valence-electron chi connectivity index (χ0n) is 5.87. The highest BCUT2D eigenvalue weighted by molar-refractivity contribution is 5.60. The van der Waals surface area contributed by atoms with E-state index in [1.807, 2.05) is 12.2 Å². The van der Waals surface area contributed by atoms with Gasteiger partial charge in [0.15, 0.2) is 0 Å². The Morgan fingerprint density at radius 2 is 2.50 bits per heavy atom. The van der Waals surface area contributed by atoms with Crippen LogP contribution < -0.4 is 0 Å². The van der Waals surface area contributed by atoms with Gasteiger partial charge in [-0.15, -0.1) is 0 Å². The van der Waals surface area contributed by atoms with Crippen LogP contribution in [0.25, 0.3) is 0 Å². The molecule has 0 amide bonds. The molecule has 1 aliphatic rings. The van der Waals surface area contributed by atoms with Crippen molar-refractivity contribution in [3.05, 3.63) is 12.2 Å². The van der Waals surface area contributed by atoms with E-state index in [2.05, 4.69) is 4.74 Å². The van der Waals surface area contributed by atoms with Gasteiger partial charge in [-0.05, 0) is 18.9 Å². The number of ether oxygens (including phenoxy) is 2. The van der Waals surface area contributed by atoms with E-state index < -0.39 is 6.16 Å². The number of hydrogen-bond donors (Lipinski definition) is 0. The average molecular weight is 142 g/mol. The van der Waals surface area contributed by atoms with Gasteiger partial charge in [-0.2, -0.15) is 0 Å². The van der Waals surface area contributed by atoms with Crippen LogP contribution in [0, 0.1) is 0 Å². The minimum Gasteiger partial charge on any atom is -0.438 e. The SMILES string of the molecule is COC(=O)O[C@H]1C=CCC1. The number of rotatable bonds is 1. The van der Waals surface area contributed by atoms with Gasteiger partial charge >= 0.3 is 6.16 Å². The minimum atomic E-state index is -0.600. The Morgan fingerprint density at radius 1 is 1.70 bits per heavy atom. The molecule has 1 rings (SSSR count). The van der Waals surface area contributed by atoms with Crippen molar-refractivity contribution in [1.82, 2.24) is 0 Å². The Labute approximate surface area is 59.6 Å². The molecule has 0 heterocycles. The Balaban J connectivity index is 2.24. The molecule has 1 aliphatic carbocycles. The third-order valence-corrected chi connectivity index (χ3v) is 1.38. The fourth-order valence-corrected chi connectivity index (χ4v) is 0.875. The van der Waals surface area contributed by atoms with Crippen LogP contribution in [-0.2, 0) is 9.47 Å². The number of hydrogen-bond acceptors (Lipinski definition) is 3. The standard InChI is InChI=1S/C7H10O3/c1-9-7(8)10-6-4-2-3-5-6/h2,4,6H,3,5H2,1H3/t6-/m0/s1. The summed E-state index contributed by atoms with van der Waals surface area (Å²) < 4.78 is 9.13. The maximum Gasteiger partial charge on any atom is 0.508 e. The van der Waals surface area contributed by atoms with Crippen molar-refractivity contribution >= 4 is 6.16 Å². The first kappa shape index (κ1) is 7.12. The largest absolute Gasteiger partial charge is 0.508 e. The zero-order valence-corrected chi connectivity index (χ0v) is 5.87. The van der Waals surface area contributed by atoms with Crippen LogP contribution >= 0.6 is 0 Å². The fraction of sp³-hybridized carbons (Fsp3) is 0.571. The molecular formula is C7H10O3. The summed E-state index contributed by atoms with van der Waals surface area (Å²) in [6, 6.07) is 0. The molecule has 0 radical (unpaired) electrons. The van der Waals surface area contributed by atoms with Crippen molar-refractivity contribution in [2.45, 2.75) is 18.9 Å². The summed E-state index contributed by atoms with van der Waals surface area (Å²) >= 11 is 0. The van der Waals surface area contributed by atoms with Crippen molar-refractivity contribution in [3.63, 3.8) is 0 Å². The molecule has 0 aromatic rings. The van der Waals surface area contributed by atoms with Crippen molar-refractivity contribution in [1.29, 1.82) is 0 Å². The van der Waals surface area contributed by atoms with Crippen LogP contribution in [-0.4, -0.2) is 19.4 Å². The van der Waals surface area contributed by atoms with Gasteiger partial charge in [0.1, 0.15) is 6.10 Å². The summed E-state index contributed by atoms with van der Waals surface area (Å²) in [7, 11) is 1.31. The molecule has 3 heteroatoms. The van der Waals surface area contributed by atoms with Gasteiger partial charge in [-0.3, -0.25) is 0 Å². The molecule has 56 valence electrons. The van der Waals surface area contributed by atoms with Crippen molar-refractivity contribution in [3.8, 4) is 0 Å². The topological polar surface area (TPSA) is 35.5 Å². The predicted molar refractivity (Wildman–Crippen MR) is 35.7 cm³/mol.